The Morgan fingerprint density at radius 1 is 1.04 bits per heavy atom. The fourth-order valence-corrected chi connectivity index (χ4v) is 4.52. The number of rotatable bonds is 4. The lowest BCUT2D eigenvalue weighted by atomic mass is 9.72. The molecule has 0 bridgehead atoms. The second-order valence-electron chi connectivity index (χ2n) is 7.51. The maximum Gasteiger partial charge on any atom is 0.324 e. The van der Waals surface area contributed by atoms with Crippen LogP contribution in [0.5, 0.6) is 0 Å². The molecule has 0 saturated heterocycles. The van der Waals surface area contributed by atoms with Crippen molar-refractivity contribution in [3.05, 3.63) is 24.3 Å². The van der Waals surface area contributed by atoms with Gasteiger partial charge in [-0.1, -0.05) is 56.4 Å². The standard InChI is InChI=1S/C22H34O4/c1-4-25-20(23)22(21(24)26-5-2)16-17(3)18-14-12-10-8-6-7-9-11-13-15-19(18)22/h12,14,18-19H,3-11,13,15-16H2,1-2H3/b14-12+/t18-,19+/m1/s1. The van der Waals surface area contributed by atoms with Crippen molar-refractivity contribution in [1.82, 2.24) is 0 Å². The van der Waals surface area contributed by atoms with Gasteiger partial charge in [-0.25, -0.2) is 0 Å². The maximum absolute atomic E-state index is 13.0. The fraction of sp³-hybridized carbons (Fsp3) is 0.727. The fourth-order valence-electron chi connectivity index (χ4n) is 4.52. The molecule has 2 rings (SSSR count). The van der Waals surface area contributed by atoms with E-state index in [2.05, 4.69) is 18.7 Å². The van der Waals surface area contributed by atoms with Gasteiger partial charge in [-0.2, -0.15) is 0 Å². The second kappa shape index (κ2) is 9.94. The van der Waals surface area contributed by atoms with Gasteiger partial charge in [0.1, 0.15) is 0 Å². The Morgan fingerprint density at radius 2 is 1.62 bits per heavy atom. The summed E-state index contributed by atoms with van der Waals surface area (Å²) in [6, 6.07) is 0. The van der Waals surface area contributed by atoms with Gasteiger partial charge in [-0.15, -0.1) is 0 Å². The first kappa shape index (κ1) is 20.7. The third kappa shape index (κ3) is 4.39. The van der Waals surface area contributed by atoms with Crippen LogP contribution in [0.15, 0.2) is 24.3 Å². The lowest BCUT2D eigenvalue weighted by molar-refractivity contribution is -0.175. The van der Waals surface area contributed by atoms with Crippen LogP contribution in [-0.2, 0) is 19.1 Å². The highest BCUT2D eigenvalue weighted by Crippen LogP contribution is 2.54. The predicted molar refractivity (Wildman–Crippen MR) is 103 cm³/mol. The number of carbonyl (C=O) groups excluding carboxylic acids is 2. The third-order valence-corrected chi connectivity index (χ3v) is 5.80. The summed E-state index contributed by atoms with van der Waals surface area (Å²) in [7, 11) is 0. The van der Waals surface area contributed by atoms with E-state index in [-0.39, 0.29) is 25.0 Å². The number of carbonyl (C=O) groups is 2. The first-order chi connectivity index (χ1) is 12.6. The average Bonchev–Trinajstić information content (AvgIpc) is 2.88. The van der Waals surface area contributed by atoms with Crippen molar-refractivity contribution in [3.63, 3.8) is 0 Å². The highest BCUT2D eigenvalue weighted by molar-refractivity contribution is 6.01. The number of fused-ring (bicyclic) bond motifs is 1. The van der Waals surface area contributed by atoms with Gasteiger partial charge >= 0.3 is 11.9 Å². The van der Waals surface area contributed by atoms with Crippen molar-refractivity contribution in [1.29, 1.82) is 0 Å². The molecule has 0 N–H and O–H groups in total. The van der Waals surface area contributed by atoms with Crippen LogP contribution >= 0.6 is 0 Å². The highest BCUT2D eigenvalue weighted by atomic mass is 16.6. The Balaban J connectivity index is 2.39. The molecule has 1 fully saturated rings. The summed E-state index contributed by atoms with van der Waals surface area (Å²) in [4.78, 5) is 25.9. The third-order valence-electron chi connectivity index (χ3n) is 5.80. The van der Waals surface area contributed by atoms with Crippen molar-refractivity contribution in [2.45, 2.75) is 71.6 Å². The molecule has 0 aromatic carbocycles. The molecule has 1 saturated carbocycles. The molecule has 2 aliphatic rings. The lowest BCUT2D eigenvalue weighted by Gasteiger charge is -2.32. The molecule has 0 amide bonds. The monoisotopic (exact) mass is 362 g/mol. The Bertz CT molecular complexity index is 516. The molecule has 0 heterocycles. The van der Waals surface area contributed by atoms with Crippen molar-refractivity contribution >= 4 is 11.9 Å². The number of esters is 2. The van der Waals surface area contributed by atoms with Crippen LogP contribution in [0, 0.1) is 17.3 Å². The zero-order chi connectivity index (χ0) is 19.0. The maximum atomic E-state index is 13.0. The summed E-state index contributed by atoms with van der Waals surface area (Å²) in [5, 5.41) is 0. The molecule has 0 aromatic heterocycles. The van der Waals surface area contributed by atoms with E-state index in [1.807, 2.05) is 0 Å². The first-order valence-electron chi connectivity index (χ1n) is 10.3. The SMILES string of the molecule is C=C1CC(C(=O)OCC)(C(=O)OCC)[C@H]2CCCCCCCC/C=C/[C@H]12. The molecule has 2 aliphatic carbocycles. The molecule has 0 aromatic rings. The number of ether oxygens (including phenoxy) is 2. The lowest BCUT2D eigenvalue weighted by Crippen LogP contribution is -2.46. The van der Waals surface area contributed by atoms with Crippen LogP contribution in [0.1, 0.15) is 71.6 Å². The Morgan fingerprint density at radius 3 is 2.23 bits per heavy atom. The summed E-state index contributed by atoms with van der Waals surface area (Å²) >= 11 is 0. The zero-order valence-corrected chi connectivity index (χ0v) is 16.4. The normalized spacial score (nSPS) is 27.5. The minimum Gasteiger partial charge on any atom is -0.465 e. The Kier molecular flexibility index (Phi) is 7.92. The summed E-state index contributed by atoms with van der Waals surface area (Å²) in [5.41, 5.74) is -0.285. The van der Waals surface area contributed by atoms with Gasteiger partial charge in [-0.05, 0) is 45.4 Å². The van der Waals surface area contributed by atoms with Crippen LogP contribution in [0.3, 0.4) is 0 Å². The topological polar surface area (TPSA) is 52.6 Å². The van der Waals surface area contributed by atoms with E-state index >= 15 is 0 Å². The largest absolute Gasteiger partial charge is 0.465 e. The smallest absolute Gasteiger partial charge is 0.324 e. The summed E-state index contributed by atoms with van der Waals surface area (Å²) in [5.74, 6) is -0.952. The van der Waals surface area contributed by atoms with Gasteiger partial charge in [-0.3, -0.25) is 9.59 Å². The van der Waals surface area contributed by atoms with Gasteiger partial charge in [0.05, 0.1) is 13.2 Å². The van der Waals surface area contributed by atoms with E-state index in [1.165, 1.54) is 25.7 Å². The summed E-state index contributed by atoms with van der Waals surface area (Å²) < 4.78 is 10.7. The first-order valence-corrected chi connectivity index (χ1v) is 10.3. The zero-order valence-electron chi connectivity index (χ0n) is 16.4. The van der Waals surface area contributed by atoms with Crippen molar-refractivity contribution in [2.75, 3.05) is 13.2 Å². The quantitative estimate of drug-likeness (QED) is 0.402. The van der Waals surface area contributed by atoms with Crippen LogP contribution < -0.4 is 0 Å². The molecular weight excluding hydrogens is 328 g/mol. The van der Waals surface area contributed by atoms with Crippen molar-refractivity contribution in [2.24, 2.45) is 17.3 Å². The summed E-state index contributed by atoms with van der Waals surface area (Å²) in [6.45, 7) is 8.30. The van der Waals surface area contributed by atoms with Gasteiger partial charge in [0, 0.05) is 5.92 Å². The van der Waals surface area contributed by atoms with E-state index in [1.54, 1.807) is 13.8 Å². The average molecular weight is 363 g/mol. The van der Waals surface area contributed by atoms with Gasteiger partial charge in [0.2, 0.25) is 0 Å². The van der Waals surface area contributed by atoms with E-state index in [9.17, 15) is 9.59 Å². The van der Waals surface area contributed by atoms with E-state index in [0.29, 0.717) is 6.42 Å². The Labute approximate surface area is 158 Å². The molecule has 4 nitrogen and oxygen atoms in total. The highest BCUT2D eigenvalue weighted by Gasteiger charge is 2.61. The second-order valence-corrected chi connectivity index (χ2v) is 7.51. The summed E-state index contributed by atoms with van der Waals surface area (Å²) in [6.07, 6.45) is 13.7. The molecule has 146 valence electrons. The van der Waals surface area contributed by atoms with Crippen LogP contribution in [0.2, 0.25) is 0 Å². The minimum atomic E-state index is -1.23. The molecule has 0 unspecified atom stereocenters. The number of hydrogen-bond acceptors (Lipinski definition) is 4. The molecule has 0 radical (unpaired) electrons. The molecule has 2 atom stereocenters. The molecule has 0 spiro atoms. The number of allylic oxidation sites excluding steroid dienone is 3. The van der Waals surface area contributed by atoms with Crippen LogP contribution in [0.4, 0.5) is 0 Å². The van der Waals surface area contributed by atoms with Crippen molar-refractivity contribution in [3.8, 4) is 0 Å². The van der Waals surface area contributed by atoms with Gasteiger partial charge in [0.15, 0.2) is 5.41 Å². The predicted octanol–water partition coefficient (Wildman–Crippen LogP) is 4.98. The molecule has 0 aliphatic heterocycles. The van der Waals surface area contributed by atoms with Crippen LogP contribution in [0.25, 0.3) is 0 Å². The molecule has 26 heavy (non-hydrogen) atoms. The van der Waals surface area contributed by atoms with Crippen LogP contribution in [-0.4, -0.2) is 25.2 Å². The van der Waals surface area contributed by atoms with E-state index in [4.69, 9.17) is 9.47 Å². The molecule has 4 heteroatoms. The minimum absolute atomic E-state index is 0.0447. The Hall–Kier alpha value is -1.58. The number of hydrogen-bond donors (Lipinski definition) is 0. The molecular formula is C22H34O4. The van der Waals surface area contributed by atoms with Gasteiger partial charge < -0.3 is 9.47 Å². The van der Waals surface area contributed by atoms with E-state index < -0.39 is 17.4 Å². The van der Waals surface area contributed by atoms with Crippen molar-refractivity contribution < 1.29 is 19.1 Å². The van der Waals surface area contributed by atoms with E-state index in [0.717, 1.165) is 31.3 Å². The van der Waals surface area contributed by atoms with Gasteiger partial charge in [0.25, 0.3) is 0 Å².